The van der Waals surface area contributed by atoms with E-state index in [1.54, 1.807) is 0 Å². The van der Waals surface area contributed by atoms with E-state index < -0.39 is 0 Å². The Morgan fingerprint density at radius 3 is 1.68 bits per heavy atom. The molecular formula is C36H63NO3. The molecule has 1 rings (SSSR count). The van der Waals surface area contributed by atoms with Crippen molar-refractivity contribution in [3.63, 3.8) is 0 Å². The molecule has 230 valence electrons. The third kappa shape index (κ3) is 17.1. The zero-order chi connectivity index (χ0) is 29.3. The number of carbonyl (C=O) groups excluding carboxylic acids is 1. The highest BCUT2D eigenvalue weighted by Gasteiger charge is 2.21. The van der Waals surface area contributed by atoms with Crippen LogP contribution in [0.15, 0.2) is 41.6 Å². The van der Waals surface area contributed by atoms with Gasteiger partial charge in [0, 0.05) is 0 Å². The van der Waals surface area contributed by atoms with Crippen LogP contribution < -0.4 is 5.06 Å². The Morgan fingerprint density at radius 1 is 0.700 bits per heavy atom. The molecule has 0 spiro atoms. The molecule has 0 heterocycles. The van der Waals surface area contributed by atoms with Crippen LogP contribution in [0.2, 0.25) is 0 Å². The quantitative estimate of drug-likeness (QED) is 0.0491. The molecule has 0 saturated carbocycles. The minimum Gasteiger partial charge on any atom is -0.459 e. The highest BCUT2D eigenvalue weighted by molar-refractivity contribution is 5.89. The molecule has 1 atom stereocenters. The number of ether oxygens (including phenoxy) is 1. The van der Waals surface area contributed by atoms with E-state index in [1.807, 2.05) is 49.2 Å². The molecular weight excluding hydrogens is 494 g/mol. The van der Waals surface area contributed by atoms with E-state index in [2.05, 4.69) is 20.8 Å². The monoisotopic (exact) mass is 557 g/mol. The van der Waals surface area contributed by atoms with Crippen molar-refractivity contribution in [2.75, 3.05) is 11.7 Å². The molecule has 0 aliphatic heterocycles. The lowest BCUT2D eigenvalue weighted by Gasteiger charge is -2.28. The average molecular weight is 558 g/mol. The third-order valence-electron chi connectivity index (χ3n) is 7.80. The summed E-state index contributed by atoms with van der Waals surface area (Å²) in [6.45, 7) is 11.1. The van der Waals surface area contributed by atoms with Crippen LogP contribution in [0.25, 0.3) is 0 Å². The maximum absolute atomic E-state index is 13.1. The fraction of sp³-hybridized carbons (Fsp3) is 0.750. The molecule has 0 saturated heterocycles. The Balaban J connectivity index is 2.52. The number of nitrogens with zero attached hydrogens (tertiary/aromatic N) is 1. The van der Waals surface area contributed by atoms with Crippen molar-refractivity contribution in [2.45, 2.75) is 169 Å². The normalized spacial score (nSPS) is 12.7. The van der Waals surface area contributed by atoms with Gasteiger partial charge >= 0.3 is 5.97 Å². The molecule has 0 fully saturated rings. The van der Waals surface area contributed by atoms with Crippen LogP contribution >= 0.6 is 0 Å². The van der Waals surface area contributed by atoms with Crippen LogP contribution in [0, 0.1) is 0 Å². The van der Waals surface area contributed by atoms with Gasteiger partial charge in [0.2, 0.25) is 0 Å². The molecule has 0 amide bonds. The highest BCUT2D eigenvalue weighted by atomic mass is 16.7. The van der Waals surface area contributed by atoms with Gasteiger partial charge in [-0.1, -0.05) is 142 Å². The Hall–Kier alpha value is -1.81. The SMILES string of the molecule is CCCCCCCCCCCCCCON(C(CC)=C(C)C(=O)OC(C)CCCCCCCC)c1ccccc1. The molecule has 0 N–H and O–H groups in total. The molecule has 1 unspecified atom stereocenters. The van der Waals surface area contributed by atoms with Gasteiger partial charge in [-0.25, -0.2) is 9.86 Å². The fourth-order valence-corrected chi connectivity index (χ4v) is 5.19. The number of hydroxylamine groups is 1. The Morgan fingerprint density at radius 2 is 1.18 bits per heavy atom. The van der Waals surface area contributed by atoms with Crippen LogP contribution in [0.5, 0.6) is 0 Å². The van der Waals surface area contributed by atoms with Gasteiger partial charge in [-0.2, -0.15) is 0 Å². The summed E-state index contributed by atoms with van der Waals surface area (Å²) in [4.78, 5) is 19.4. The molecule has 40 heavy (non-hydrogen) atoms. The standard InChI is InChI=1S/C36H63NO3/c1-6-9-11-13-15-16-17-18-19-20-22-27-31-39-37(34-29-25-23-26-30-34)35(8-3)33(5)36(38)40-32(4)28-24-21-14-12-10-7-2/h23,25-26,29-30,32H,6-22,24,27-28,31H2,1-5H3. The summed E-state index contributed by atoms with van der Waals surface area (Å²) in [7, 11) is 0. The number of benzene rings is 1. The summed E-state index contributed by atoms with van der Waals surface area (Å²) in [5.74, 6) is -0.231. The minimum atomic E-state index is -0.231. The Kier molecular flexibility index (Phi) is 22.6. The predicted molar refractivity (Wildman–Crippen MR) is 172 cm³/mol. The van der Waals surface area contributed by atoms with Crippen molar-refractivity contribution in [3.8, 4) is 0 Å². The van der Waals surface area contributed by atoms with Crippen molar-refractivity contribution < 1.29 is 14.4 Å². The maximum atomic E-state index is 13.1. The van der Waals surface area contributed by atoms with Crippen molar-refractivity contribution in [3.05, 3.63) is 41.6 Å². The smallest absolute Gasteiger partial charge is 0.335 e. The van der Waals surface area contributed by atoms with E-state index in [9.17, 15) is 4.79 Å². The second-order valence-corrected chi connectivity index (χ2v) is 11.5. The Bertz CT molecular complexity index is 761. The number of hydrogen-bond donors (Lipinski definition) is 0. The fourth-order valence-electron chi connectivity index (χ4n) is 5.19. The van der Waals surface area contributed by atoms with Crippen LogP contribution in [0.4, 0.5) is 5.69 Å². The molecule has 4 nitrogen and oxygen atoms in total. The molecule has 0 radical (unpaired) electrons. The number of allylic oxidation sites excluding steroid dienone is 1. The number of hydrogen-bond acceptors (Lipinski definition) is 4. The molecule has 0 aromatic heterocycles. The summed E-state index contributed by atoms with van der Waals surface area (Å²) < 4.78 is 5.85. The summed E-state index contributed by atoms with van der Waals surface area (Å²) in [5.41, 5.74) is 2.46. The van der Waals surface area contributed by atoms with E-state index in [-0.39, 0.29) is 12.1 Å². The first-order valence-corrected chi connectivity index (χ1v) is 16.9. The van der Waals surface area contributed by atoms with Crippen molar-refractivity contribution in [1.82, 2.24) is 0 Å². The average Bonchev–Trinajstić information content (AvgIpc) is 2.96. The van der Waals surface area contributed by atoms with E-state index in [0.717, 1.165) is 30.6 Å². The topological polar surface area (TPSA) is 38.8 Å². The lowest BCUT2D eigenvalue weighted by Crippen LogP contribution is -2.27. The number of para-hydroxylation sites is 1. The van der Waals surface area contributed by atoms with Gasteiger partial charge in [0.15, 0.2) is 0 Å². The summed E-state index contributed by atoms with van der Waals surface area (Å²) in [6.07, 6.45) is 24.9. The minimum absolute atomic E-state index is 0.0705. The first kappa shape index (κ1) is 36.2. The summed E-state index contributed by atoms with van der Waals surface area (Å²) in [5, 5.41) is 1.87. The van der Waals surface area contributed by atoms with Crippen molar-refractivity contribution >= 4 is 11.7 Å². The Labute approximate surface area is 248 Å². The van der Waals surface area contributed by atoms with Gasteiger partial charge in [-0.05, 0) is 51.7 Å². The third-order valence-corrected chi connectivity index (χ3v) is 7.80. The highest BCUT2D eigenvalue weighted by Crippen LogP contribution is 2.25. The second-order valence-electron chi connectivity index (χ2n) is 11.5. The zero-order valence-corrected chi connectivity index (χ0v) is 27.0. The van der Waals surface area contributed by atoms with Crippen LogP contribution in [0.1, 0.15) is 163 Å². The molecule has 0 aliphatic rings. The number of esters is 1. The molecule has 1 aromatic carbocycles. The van der Waals surface area contributed by atoms with Crippen molar-refractivity contribution in [2.24, 2.45) is 0 Å². The largest absolute Gasteiger partial charge is 0.459 e. The number of carbonyl (C=O) groups is 1. The number of rotatable bonds is 26. The van der Waals surface area contributed by atoms with Gasteiger partial charge in [0.1, 0.15) is 0 Å². The van der Waals surface area contributed by atoms with Crippen LogP contribution in [-0.4, -0.2) is 18.7 Å². The van der Waals surface area contributed by atoms with Crippen molar-refractivity contribution in [1.29, 1.82) is 0 Å². The van der Waals surface area contributed by atoms with Gasteiger partial charge in [0.25, 0.3) is 0 Å². The van der Waals surface area contributed by atoms with E-state index >= 15 is 0 Å². The summed E-state index contributed by atoms with van der Waals surface area (Å²) >= 11 is 0. The van der Waals surface area contributed by atoms with Gasteiger partial charge < -0.3 is 4.74 Å². The number of unbranched alkanes of at least 4 members (excludes halogenated alkanes) is 16. The lowest BCUT2D eigenvalue weighted by atomic mass is 10.1. The van der Waals surface area contributed by atoms with Gasteiger partial charge in [-0.15, -0.1) is 0 Å². The first-order valence-electron chi connectivity index (χ1n) is 16.9. The van der Waals surface area contributed by atoms with Crippen LogP contribution in [0.3, 0.4) is 0 Å². The van der Waals surface area contributed by atoms with E-state index in [4.69, 9.17) is 9.57 Å². The molecule has 4 heteroatoms. The van der Waals surface area contributed by atoms with Gasteiger partial charge in [0.05, 0.1) is 29.7 Å². The first-order chi connectivity index (χ1) is 19.5. The summed E-state index contributed by atoms with van der Waals surface area (Å²) in [6, 6.07) is 10.1. The molecule has 1 aromatic rings. The van der Waals surface area contributed by atoms with Crippen LogP contribution in [-0.2, 0) is 14.4 Å². The maximum Gasteiger partial charge on any atom is 0.335 e. The second kappa shape index (κ2) is 24.9. The van der Waals surface area contributed by atoms with Gasteiger partial charge in [-0.3, -0.25) is 4.84 Å². The number of anilines is 1. The molecule has 0 aliphatic carbocycles. The predicted octanol–water partition coefficient (Wildman–Crippen LogP) is 11.5. The lowest BCUT2D eigenvalue weighted by molar-refractivity contribution is -0.143. The zero-order valence-electron chi connectivity index (χ0n) is 27.0. The van der Waals surface area contributed by atoms with E-state index in [0.29, 0.717) is 18.6 Å². The van der Waals surface area contributed by atoms with E-state index in [1.165, 1.54) is 103 Å². The molecule has 0 bridgehead atoms.